The van der Waals surface area contributed by atoms with Crippen molar-refractivity contribution in [3.63, 3.8) is 0 Å². The number of methoxy groups -OCH3 is 1. The molecule has 26 heavy (non-hydrogen) atoms. The molecular formula is C19H15F2N3O2. The number of nitrogens with one attached hydrogen (secondary N) is 1. The van der Waals surface area contributed by atoms with E-state index in [-0.39, 0.29) is 17.9 Å². The molecule has 1 aliphatic rings. The molecule has 0 saturated carbocycles. The number of carbonyl (C=O) groups excluding carboxylic acids is 1. The largest absolute Gasteiger partial charge is 0.497 e. The number of nitrogens with zero attached hydrogens (tertiary/aromatic N) is 2. The van der Waals surface area contributed by atoms with E-state index in [4.69, 9.17) is 4.74 Å². The average Bonchev–Trinajstić information content (AvgIpc) is 3.05. The van der Waals surface area contributed by atoms with Crippen LogP contribution >= 0.6 is 0 Å². The van der Waals surface area contributed by atoms with Crippen molar-refractivity contribution in [2.45, 2.75) is 12.3 Å². The fourth-order valence-corrected chi connectivity index (χ4v) is 3.19. The number of aromatic nitrogens is 2. The molecule has 7 heteroatoms. The summed E-state index contributed by atoms with van der Waals surface area (Å²) in [6.07, 6.45) is 1.63. The number of fused-ring (bicyclic) bond motifs is 1. The number of hydrogen-bond donors (Lipinski definition) is 1. The first-order valence-corrected chi connectivity index (χ1v) is 8.03. The fourth-order valence-electron chi connectivity index (χ4n) is 3.19. The van der Waals surface area contributed by atoms with Gasteiger partial charge in [-0.2, -0.15) is 0 Å². The molecule has 0 bridgehead atoms. The summed E-state index contributed by atoms with van der Waals surface area (Å²) >= 11 is 0. The molecule has 0 fully saturated rings. The summed E-state index contributed by atoms with van der Waals surface area (Å²) in [7, 11) is 1.58. The molecule has 3 aromatic rings. The van der Waals surface area contributed by atoms with Crippen LogP contribution in [0.2, 0.25) is 0 Å². The number of hydrogen-bond acceptors (Lipinski definition) is 3. The van der Waals surface area contributed by atoms with E-state index in [9.17, 15) is 13.6 Å². The third-order valence-electron chi connectivity index (χ3n) is 4.46. The highest BCUT2D eigenvalue weighted by Crippen LogP contribution is 2.38. The van der Waals surface area contributed by atoms with Gasteiger partial charge in [-0.05, 0) is 35.9 Å². The van der Waals surface area contributed by atoms with Gasteiger partial charge in [0, 0.05) is 24.1 Å². The zero-order valence-electron chi connectivity index (χ0n) is 13.9. The third kappa shape index (κ3) is 2.71. The molecule has 0 saturated heterocycles. The highest BCUT2D eigenvalue weighted by Gasteiger charge is 2.32. The maximum atomic E-state index is 14.2. The summed E-state index contributed by atoms with van der Waals surface area (Å²) in [5.74, 6) is -0.969. The van der Waals surface area contributed by atoms with E-state index in [1.807, 2.05) is 12.1 Å². The smallest absolute Gasteiger partial charge is 0.226 e. The highest BCUT2D eigenvalue weighted by molar-refractivity contribution is 5.94. The Morgan fingerprint density at radius 2 is 1.96 bits per heavy atom. The van der Waals surface area contributed by atoms with Crippen molar-refractivity contribution in [1.82, 2.24) is 9.55 Å². The van der Waals surface area contributed by atoms with Crippen LogP contribution in [0.4, 0.5) is 14.6 Å². The van der Waals surface area contributed by atoms with Gasteiger partial charge in [0.15, 0.2) is 0 Å². The van der Waals surface area contributed by atoms with Crippen molar-refractivity contribution in [2.75, 3.05) is 12.4 Å². The van der Waals surface area contributed by atoms with E-state index >= 15 is 0 Å². The van der Waals surface area contributed by atoms with Gasteiger partial charge in [0.05, 0.1) is 12.8 Å². The van der Waals surface area contributed by atoms with Crippen molar-refractivity contribution in [1.29, 1.82) is 0 Å². The SMILES string of the molecule is COc1ccc(-n2cnc3c2NC(=O)C[C@@H]3c2ccc(F)cc2F)cc1. The van der Waals surface area contributed by atoms with Crippen LogP contribution in [0.3, 0.4) is 0 Å². The minimum Gasteiger partial charge on any atom is -0.497 e. The Bertz CT molecular complexity index is 983. The lowest BCUT2D eigenvalue weighted by Crippen LogP contribution is -2.25. The molecule has 1 aliphatic heterocycles. The van der Waals surface area contributed by atoms with Crippen LogP contribution in [0.5, 0.6) is 5.75 Å². The molecule has 0 unspecified atom stereocenters. The predicted molar refractivity (Wildman–Crippen MR) is 91.6 cm³/mol. The number of anilines is 1. The van der Waals surface area contributed by atoms with Crippen LogP contribution in [-0.4, -0.2) is 22.6 Å². The normalized spacial score (nSPS) is 16.1. The quantitative estimate of drug-likeness (QED) is 0.781. The Morgan fingerprint density at radius 3 is 2.65 bits per heavy atom. The van der Waals surface area contributed by atoms with Crippen molar-refractivity contribution in [2.24, 2.45) is 0 Å². The van der Waals surface area contributed by atoms with E-state index in [1.54, 1.807) is 30.1 Å². The van der Waals surface area contributed by atoms with Gasteiger partial charge in [-0.1, -0.05) is 6.07 Å². The second-order valence-electron chi connectivity index (χ2n) is 6.02. The second-order valence-corrected chi connectivity index (χ2v) is 6.02. The Morgan fingerprint density at radius 1 is 1.19 bits per heavy atom. The lowest BCUT2D eigenvalue weighted by atomic mass is 9.89. The van der Waals surface area contributed by atoms with Gasteiger partial charge in [0.25, 0.3) is 0 Å². The minimum absolute atomic E-state index is 0.0508. The highest BCUT2D eigenvalue weighted by atomic mass is 19.1. The summed E-state index contributed by atoms with van der Waals surface area (Å²) < 4.78 is 34.3. The first-order chi connectivity index (χ1) is 12.6. The predicted octanol–water partition coefficient (Wildman–Crippen LogP) is 3.63. The van der Waals surface area contributed by atoms with Crippen LogP contribution in [-0.2, 0) is 4.79 Å². The van der Waals surface area contributed by atoms with Crippen molar-refractivity contribution < 1.29 is 18.3 Å². The lowest BCUT2D eigenvalue weighted by Gasteiger charge is -2.23. The number of benzene rings is 2. The van der Waals surface area contributed by atoms with Gasteiger partial charge in [-0.25, -0.2) is 13.8 Å². The Balaban J connectivity index is 1.79. The number of imidazole rings is 1. The summed E-state index contributed by atoms with van der Waals surface area (Å²) in [6, 6.07) is 10.6. The monoisotopic (exact) mass is 355 g/mol. The average molecular weight is 355 g/mol. The molecule has 1 N–H and O–H groups in total. The van der Waals surface area contributed by atoms with Crippen LogP contribution in [0, 0.1) is 11.6 Å². The molecular weight excluding hydrogens is 340 g/mol. The molecule has 0 aliphatic carbocycles. The second kappa shape index (κ2) is 6.25. The molecule has 2 aromatic carbocycles. The topological polar surface area (TPSA) is 56.1 Å². The van der Waals surface area contributed by atoms with Gasteiger partial charge in [0.1, 0.15) is 29.5 Å². The van der Waals surface area contributed by atoms with Crippen LogP contribution in [0.15, 0.2) is 48.8 Å². The molecule has 1 aromatic heterocycles. The maximum absolute atomic E-state index is 14.2. The molecule has 0 radical (unpaired) electrons. The Kier molecular flexibility index (Phi) is 3.91. The maximum Gasteiger partial charge on any atom is 0.226 e. The molecule has 4 rings (SSSR count). The molecule has 5 nitrogen and oxygen atoms in total. The molecule has 1 amide bonds. The first-order valence-electron chi connectivity index (χ1n) is 8.03. The lowest BCUT2D eigenvalue weighted by molar-refractivity contribution is -0.116. The van der Waals surface area contributed by atoms with Gasteiger partial charge in [-0.3, -0.25) is 9.36 Å². The van der Waals surface area contributed by atoms with Crippen LogP contribution in [0.25, 0.3) is 5.69 Å². The van der Waals surface area contributed by atoms with E-state index < -0.39 is 17.6 Å². The number of rotatable bonds is 3. The van der Waals surface area contributed by atoms with E-state index in [0.717, 1.165) is 11.8 Å². The van der Waals surface area contributed by atoms with Crippen molar-refractivity contribution in [3.05, 3.63) is 71.7 Å². The molecule has 132 valence electrons. The molecule has 1 atom stereocenters. The van der Waals surface area contributed by atoms with Crippen LogP contribution in [0.1, 0.15) is 23.6 Å². The van der Waals surface area contributed by atoms with Crippen LogP contribution < -0.4 is 10.1 Å². The Labute approximate surface area is 148 Å². The van der Waals surface area contributed by atoms with Gasteiger partial charge < -0.3 is 10.1 Å². The minimum atomic E-state index is -0.686. The third-order valence-corrected chi connectivity index (χ3v) is 4.46. The van der Waals surface area contributed by atoms with Crippen molar-refractivity contribution >= 4 is 11.7 Å². The zero-order valence-corrected chi connectivity index (χ0v) is 13.9. The number of ether oxygens (including phenoxy) is 1. The van der Waals surface area contributed by atoms with Gasteiger partial charge in [0.2, 0.25) is 5.91 Å². The Hall–Kier alpha value is -3.22. The summed E-state index contributed by atoms with van der Waals surface area (Å²) in [4.78, 5) is 16.6. The summed E-state index contributed by atoms with van der Waals surface area (Å²) in [5, 5.41) is 2.80. The zero-order chi connectivity index (χ0) is 18.3. The van der Waals surface area contributed by atoms with E-state index in [0.29, 0.717) is 17.3 Å². The molecule has 0 spiro atoms. The van der Waals surface area contributed by atoms with Gasteiger partial charge >= 0.3 is 0 Å². The number of carbonyl (C=O) groups is 1. The fraction of sp³-hybridized carbons (Fsp3) is 0.158. The van der Waals surface area contributed by atoms with E-state index in [2.05, 4.69) is 10.3 Å². The number of halogens is 2. The molecule has 2 heterocycles. The standard InChI is InChI=1S/C19H15F2N3O2/c1-26-13-5-3-12(4-6-13)24-10-22-18-15(9-17(25)23-19(18)24)14-7-2-11(20)8-16(14)21/h2-8,10,15H,9H2,1H3,(H,23,25)/t15-/m1/s1. The first kappa shape index (κ1) is 16.3. The van der Waals surface area contributed by atoms with Crippen molar-refractivity contribution in [3.8, 4) is 11.4 Å². The number of amides is 1. The van der Waals surface area contributed by atoms with Gasteiger partial charge in [-0.15, -0.1) is 0 Å². The summed E-state index contributed by atoms with van der Waals surface area (Å²) in [5.41, 5.74) is 1.58. The van der Waals surface area contributed by atoms with E-state index in [1.165, 1.54) is 12.1 Å². The summed E-state index contributed by atoms with van der Waals surface area (Å²) in [6.45, 7) is 0.